The number of aryl methyl sites for hydroxylation is 2. The zero-order valence-electron chi connectivity index (χ0n) is 10.6. The first kappa shape index (κ1) is 12.8. The van der Waals surface area contributed by atoms with Crippen molar-refractivity contribution < 1.29 is 9.50 Å². The molecule has 0 radical (unpaired) electrons. The van der Waals surface area contributed by atoms with Crippen LogP contribution in [0.25, 0.3) is 0 Å². The zero-order chi connectivity index (χ0) is 13.1. The maximum atomic E-state index is 13.5. The highest BCUT2D eigenvalue weighted by molar-refractivity contribution is 5.21. The highest BCUT2D eigenvalue weighted by Gasteiger charge is 2.15. The summed E-state index contributed by atoms with van der Waals surface area (Å²) in [6.45, 7) is 2.01. The third-order valence-electron chi connectivity index (χ3n) is 3.04. The number of aliphatic hydroxyl groups is 1. The van der Waals surface area contributed by atoms with Crippen LogP contribution in [0.2, 0.25) is 0 Å². The van der Waals surface area contributed by atoms with Gasteiger partial charge in [0.2, 0.25) is 0 Å². The SMILES string of the molecule is CCc1cc(C(O)Cc2ccccc2F)n(C)n1. The number of hydrogen-bond acceptors (Lipinski definition) is 2. The quantitative estimate of drug-likeness (QED) is 0.902. The molecule has 1 atom stereocenters. The van der Waals surface area contributed by atoms with E-state index in [1.807, 2.05) is 13.0 Å². The van der Waals surface area contributed by atoms with E-state index in [1.165, 1.54) is 6.07 Å². The van der Waals surface area contributed by atoms with Gasteiger partial charge in [-0.05, 0) is 24.1 Å². The fourth-order valence-corrected chi connectivity index (χ4v) is 2.00. The number of benzene rings is 1. The van der Waals surface area contributed by atoms with Gasteiger partial charge in [0.15, 0.2) is 0 Å². The third kappa shape index (κ3) is 2.59. The average Bonchev–Trinajstić information content (AvgIpc) is 2.73. The predicted octanol–water partition coefficient (Wildman–Crippen LogP) is 2.40. The summed E-state index contributed by atoms with van der Waals surface area (Å²) in [6.07, 6.45) is 0.343. The third-order valence-corrected chi connectivity index (χ3v) is 3.04. The molecule has 96 valence electrons. The first-order chi connectivity index (χ1) is 8.61. The lowest BCUT2D eigenvalue weighted by molar-refractivity contribution is 0.167. The molecule has 0 amide bonds. The van der Waals surface area contributed by atoms with Crippen molar-refractivity contribution in [3.05, 3.63) is 53.1 Å². The van der Waals surface area contributed by atoms with Gasteiger partial charge in [-0.25, -0.2) is 4.39 Å². The van der Waals surface area contributed by atoms with E-state index in [0.29, 0.717) is 5.56 Å². The second-order valence-electron chi connectivity index (χ2n) is 4.35. The number of aromatic nitrogens is 2. The summed E-state index contributed by atoms with van der Waals surface area (Å²) >= 11 is 0. The molecule has 1 unspecified atom stereocenters. The second-order valence-corrected chi connectivity index (χ2v) is 4.35. The maximum Gasteiger partial charge on any atom is 0.126 e. The lowest BCUT2D eigenvalue weighted by Gasteiger charge is -2.11. The molecule has 0 aliphatic heterocycles. The highest BCUT2D eigenvalue weighted by Crippen LogP contribution is 2.20. The van der Waals surface area contributed by atoms with E-state index in [4.69, 9.17) is 0 Å². The molecule has 1 aromatic carbocycles. The van der Waals surface area contributed by atoms with Gasteiger partial charge < -0.3 is 5.11 Å². The molecule has 18 heavy (non-hydrogen) atoms. The molecule has 1 N–H and O–H groups in total. The molecule has 4 heteroatoms. The largest absolute Gasteiger partial charge is 0.386 e. The van der Waals surface area contributed by atoms with Gasteiger partial charge in [0.25, 0.3) is 0 Å². The van der Waals surface area contributed by atoms with Crippen molar-refractivity contribution in [2.75, 3.05) is 0 Å². The van der Waals surface area contributed by atoms with Crippen LogP contribution >= 0.6 is 0 Å². The van der Waals surface area contributed by atoms with Gasteiger partial charge in [0, 0.05) is 13.5 Å². The predicted molar refractivity (Wildman–Crippen MR) is 67.6 cm³/mol. The molecule has 1 aromatic heterocycles. The van der Waals surface area contributed by atoms with Crippen molar-refractivity contribution in [3.63, 3.8) is 0 Å². The van der Waals surface area contributed by atoms with Gasteiger partial charge >= 0.3 is 0 Å². The van der Waals surface area contributed by atoms with Crippen molar-refractivity contribution >= 4 is 0 Å². The number of halogens is 1. The summed E-state index contributed by atoms with van der Waals surface area (Å²) in [5, 5.41) is 14.4. The minimum Gasteiger partial charge on any atom is -0.386 e. The molecule has 3 nitrogen and oxygen atoms in total. The Balaban J connectivity index is 2.19. The molecule has 0 fully saturated rings. The molecular weight excluding hydrogens is 231 g/mol. The summed E-state index contributed by atoms with van der Waals surface area (Å²) < 4.78 is 15.2. The van der Waals surface area contributed by atoms with Crippen LogP contribution in [0.15, 0.2) is 30.3 Å². The minimum absolute atomic E-state index is 0.259. The van der Waals surface area contributed by atoms with Gasteiger partial charge in [-0.3, -0.25) is 4.68 Å². The van der Waals surface area contributed by atoms with E-state index >= 15 is 0 Å². The Morgan fingerprint density at radius 2 is 2.11 bits per heavy atom. The van der Waals surface area contributed by atoms with E-state index in [1.54, 1.807) is 29.9 Å². The van der Waals surface area contributed by atoms with E-state index in [-0.39, 0.29) is 12.2 Å². The normalized spacial score (nSPS) is 12.7. The van der Waals surface area contributed by atoms with Crippen molar-refractivity contribution in [2.45, 2.75) is 25.9 Å². The first-order valence-corrected chi connectivity index (χ1v) is 6.06. The molecular formula is C14H17FN2O. The Morgan fingerprint density at radius 1 is 1.39 bits per heavy atom. The smallest absolute Gasteiger partial charge is 0.126 e. The van der Waals surface area contributed by atoms with Crippen LogP contribution in [0.4, 0.5) is 4.39 Å². The highest BCUT2D eigenvalue weighted by atomic mass is 19.1. The Kier molecular flexibility index (Phi) is 3.77. The molecule has 1 heterocycles. The van der Waals surface area contributed by atoms with Crippen molar-refractivity contribution in [2.24, 2.45) is 7.05 Å². The molecule has 0 bridgehead atoms. The van der Waals surface area contributed by atoms with Crippen LogP contribution in [0, 0.1) is 5.82 Å². The standard InChI is InChI=1S/C14H17FN2O/c1-3-11-9-13(17(2)16-11)14(18)8-10-6-4-5-7-12(10)15/h4-7,9,14,18H,3,8H2,1-2H3. The second kappa shape index (κ2) is 5.31. The van der Waals surface area contributed by atoms with Crippen molar-refractivity contribution in [1.29, 1.82) is 0 Å². The van der Waals surface area contributed by atoms with E-state index in [0.717, 1.165) is 17.8 Å². The molecule has 2 rings (SSSR count). The fourth-order valence-electron chi connectivity index (χ4n) is 2.00. The van der Waals surface area contributed by atoms with Gasteiger partial charge in [0.1, 0.15) is 5.82 Å². The van der Waals surface area contributed by atoms with Crippen molar-refractivity contribution in [1.82, 2.24) is 9.78 Å². The Morgan fingerprint density at radius 3 is 2.72 bits per heavy atom. The summed E-state index contributed by atoms with van der Waals surface area (Å²) in [5.41, 5.74) is 2.17. The summed E-state index contributed by atoms with van der Waals surface area (Å²) in [6, 6.07) is 8.38. The topological polar surface area (TPSA) is 38.0 Å². The van der Waals surface area contributed by atoms with E-state index in [2.05, 4.69) is 5.10 Å². The summed E-state index contributed by atoms with van der Waals surface area (Å²) in [5.74, 6) is -0.283. The number of hydrogen-bond donors (Lipinski definition) is 1. The number of nitrogens with zero attached hydrogens (tertiary/aromatic N) is 2. The summed E-state index contributed by atoms with van der Waals surface area (Å²) in [7, 11) is 1.79. The Bertz CT molecular complexity index is 536. The molecule has 0 aliphatic carbocycles. The molecule has 0 saturated carbocycles. The van der Waals surface area contributed by atoms with Crippen LogP contribution in [-0.2, 0) is 19.9 Å². The van der Waals surface area contributed by atoms with E-state index in [9.17, 15) is 9.50 Å². The first-order valence-electron chi connectivity index (χ1n) is 6.06. The fraction of sp³-hybridized carbons (Fsp3) is 0.357. The van der Waals surface area contributed by atoms with Gasteiger partial charge in [-0.15, -0.1) is 0 Å². The molecule has 0 aliphatic rings. The number of rotatable bonds is 4. The van der Waals surface area contributed by atoms with Crippen LogP contribution < -0.4 is 0 Å². The Hall–Kier alpha value is -1.68. The monoisotopic (exact) mass is 248 g/mol. The summed E-state index contributed by atoms with van der Waals surface area (Å²) in [4.78, 5) is 0. The molecule has 0 spiro atoms. The molecule has 2 aromatic rings. The maximum absolute atomic E-state index is 13.5. The van der Waals surface area contributed by atoms with Gasteiger partial charge in [0.05, 0.1) is 17.5 Å². The minimum atomic E-state index is -0.736. The van der Waals surface area contributed by atoms with Gasteiger partial charge in [-0.2, -0.15) is 5.10 Å². The lowest BCUT2D eigenvalue weighted by Crippen LogP contribution is -2.08. The van der Waals surface area contributed by atoms with Crippen LogP contribution in [-0.4, -0.2) is 14.9 Å². The van der Waals surface area contributed by atoms with Crippen LogP contribution in [0.5, 0.6) is 0 Å². The number of aliphatic hydroxyl groups excluding tert-OH is 1. The van der Waals surface area contributed by atoms with Crippen molar-refractivity contribution in [3.8, 4) is 0 Å². The molecule has 0 saturated heterocycles. The lowest BCUT2D eigenvalue weighted by atomic mass is 10.0. The van der Waals surface area contributed by atoms with Crippen LogP contribution in [0.3, 0.4) is 0 Å². The van der Waals surface area contributed by atoms with Gasteiger partial charge in [-0.1, -0.05) is 25.1 Å². The van der Waals surface area contributed by atoms with Crippen LogP contribution in [0.1, 0.15) is 30.0 Å². The Labute approximate surface area is 106 Å². The van der Waals surface area contributed by atoms with E-state index < -0.39 is 6.10 Å². The zero-order valence-corrected chi connectivity index (χ0v) is 10.6. The average molecular weight is 248 g/mol.